The molecule has 0 N–H and O–H groups in total. The molecule has 14 heavy (non-hydrogen) atoms. The Morgan fingerprint density at radius 2 is 1.71 bits per heavy atom. The summed E-state index contributed by atoms with van der Waals surface area (Å²) >= 11 is 0. The van der Waals surface area contributed by atoms with E-state index in [0.717, 1.165) is 0 Å². The molecule has 0 spiro atoms. The predicted octanol–water partition coefficient (Wildman–Crippen LogP) is 4.18. The van der Waals surface area contributed by atoms with Crippen LogP contribution in [0.1, 0.15) is 18.1 Å². The molecular weight excluding hydrogens is 168 g/mol. The van der Waals surface area contributed by atoms with Crippen LogP contribution in [0.3, 0.4) is 0 Å². The summed E-state index contributed by atoms with van der Waals surface area (Å²) in [6.07, 6.45) is 4.25. The molecule has 70 valence electrons. The third-order valence-electron chi connectivity index (χ3n) is 2.49. The van der Waals surface area contributed by atoms with Crippen LogP contribution < -0.4 is 0 Å². The quantitative estimate of drug-likeness (QED) is 0.620. The van der Waals surface area contributed by atoms with E-state index in [2.05, 4.69) is 62.4 Å². The maximum absolute atomic E-state index is 2.16. The number of rotatable bonds is 1. The van der Waals surface area contributed by atoms with E-state index in [-0.39, 0.29) is 0 Å². The van der Waals surface area contributed by atoms with Gasteiger partial charge >= 0.3 is 0 Å². The molecule has 0 fully saturated rings. The summed E-state index contributed by atoms with van der Waals surface area (Å²) in [7, 11) is 0. The van der Waals surface area contributed by atoms with Crippen molar-refractivity contribution >= 4 is 16.8 Å². The van der Waals surface area contributed by atoms with Gasteiger partial charge in [0.25, 0.3) is 0 Å². The maximum Gasteiger partial charge on any atom is -0.00823 e. The lowest BCUT2D eigenvalue weighted by molar-refractivity contribution is 1.52. The van der Waals surface area contributed by atoms with Gasteiger partial charge < -0.3 is 0 Å². The van der Waals surface area contributed by atoms with E-state index in [4.69, 9.17) is 0 Å². The molecule has 0 radical (unpaired) electrons. The molecule has 0 bridgehead atoms. The highest BCUT2D eigenvalue weighted by atomic mass is 14.0. The molecule has 2 rings (SSSR count). The van der Waals surface area contributed by atoms with Gasteiger partial charge in [-0.25, -0.2) is 0 Å². The summed E-state index contributed by atoms with van der Waals surface area (Å²) in [5, 5.41) is 2.69. The van der Waals surface area contributed by atoms with Crippen LogP contribution >= 0.6 is 0 Å². The molecule has 0 saturated heterocycles. The van der Waals surface area contributed by atoms with Gasteiger partial charge in [0.2, 0.25) is 0 Å². The average Bonchev–Trinajstić information content (AvgIpc) is 2.19. The van der Waals surface area contributed by atoms with E-state index in [1.165, 1.54) is 21.9 Å². The second-order valence-corrected chi connectivity index (χ2v) is 3.52. The topological polar surface area (TPSA) is 0 Å². The minimum atomic E-state index is 1.31. The first-order valence-corrected chi connectivity index (χ1v) is 4.94. The molecule has 0 nitrogen and oxygen atoms in total. The van der Waals surface area contributed by atoms with Gasteiger partial charge in [-0.1, -0.05) is 48.6 Å². The summed E-state index contributed by atoms with van der Waals surface area (Å²) in [5.74, 6) is 0. The van der Waals surface area contributed by atoms with E-state index in [1.54, 1.807) is 0 Å². The molecule has 0 unspecified atom stereocenters. The van der Waals surface area contributed by atoms with Crippen molar-refractivity contribution in [1.82, 2.24) is 0 Å². The Labute approximate surface area is 84.9 Å². The minimum Gasteiger partial charge on any atom is -0.0870 e. The Balaban J connectivity index is 2.84. The largest absolute Gasteiger partial charge is 0.0870 e. The van der Waals surface area contributed by atoms with Crippen LogP contribution in [0.25, 0.3) is 16.8 Å². The fourth-order valence-corrected chi connectivity index (χ4v) is 1.88. The van der Waals surface area contributed by atoms with Crippen molar-refractivity contribution in [2.45, 2.75) is 13.8 Å². The molecular formula is C14H14. The molecule has 0 saturated carbocycles. The Hall–Kier alpha value is -1.56. The molecule has 0 atom stereocenters. The number of fused-ring (bicyclic) bond motifs is 1. The van der Waals surface area contributed by atoms with Crippen molar-refractivity contribution < 1.29 is 0 Å². The fraction of sp³-hybridized carbons (Fsp3) is 0.143. The van der Waals surface area contributed by atoms with E-state index in [1.807, 2.05) is 0 Å². The van der Waals surface area contributed by atoms with Gasteiger partial charge in [0.05, 0.1) is 0 Å². The van der Waals surface area contributed by atoms with Crippen LogP contribution in [-0.2, 0) is 0 Å². The Morgan fingerprint density at radius 3 is 2.43 bits per heavy atom. The van der Waals surface area contributed by atoms with Gasteiger partial charge in [0.1, 0.15) is 0 Å². The molecule has 0 aliphatic carbocycles. The zero-order valence-corrected chi connectivity index (χ0v) is 8.62. The van der Waals surface area contributed by atoms with E-state index >= 15 is 0 Å². The molecule has 0 aliphatic rings. The average molecular weight is 182 g/mol. The van der Waals surface area contributed by atoms with Crippen LogP contribution in [0.5, 0.6) is 0 Å². The fourth-order valence-electron chi connectivity index (χ4n) is 1.88. The van der Waals surface area contributed by atoms with Gasteiger partial charge in [0, 0.05) is 0 Å². The minimum absolute atomic E-state index is 1.31. The second kappa shape index (κ2) is 3.67. The van der Waals surface area contributed by atoms with Crippen molar-refractivity contribution in [2.75, 3.05) is 0 Å². The first-order chi connectivity index (χ1) is 6.83. The van der Waals surface area contributed by atoms with Crippen molar-refractivity contribution in [3.8, 4) is 0 Å². The number of hydrogen-bond acceptors (Lipinski definition) is 0. The highest BCUT2D eigenvalue weighted by Crippen LogP contribution is 2.23. The Kier molecular flexibility index (Phi) is 2.36. The smallest absolute Gasteiger partial charge is 0.00823 e. The zero-order valence-electron chi connectivity index (χ0n) is 8.62. The normalized spacial score (nSPS) is 11.3. The van der Waals surface area contributed by atoms with Crippen molar-refractivity contribution in [1.29, 1.82) is 0 Å². The van der Waals surface area contributed by atoms with Gasteiger partial charge in [-0.3, -0.25) is 0 Å². The van der Waals surface area contributed by atoms with Gasteiger partial charge in [0.15, 0.2) is 0 Å². The van der Waals surface area contributed by atoms with Gasteiger partial charge in [-0.05, 0) is 35.7 Å². The highest BCUT2D eigenvalue weighted by molar-refractivity contribution is 5.93. The molecule has 0 aliphatic heterocycles. The molecule has 0 heterocycles. The highest BCUT2D eigenvalue weighted by Gasteiger charge is 1.99. The standard InChI is InChI=1S/C14H14/c1-3-6-12-9-5-10-13-8-4-7-11(2)14(12)13/h3-10H,1-2H3/b6-3-. The van der Waals surface area contributed by atoms with Crippen LogP contribution in [0.15, 0.2) is 42.5 Å². The first kappa shape index (κ1) is 9.01. The monoisotopic (exact) mass is 182 g/mol. The van der Waals surface area contributed by atoms with Gasteiger partial charge in [-0.15, -0.1) is 0 Å². The third kappa shape index (κ3) is 1.44. The van der Waals surface area contributed by atoms with Crippen LogP contribution in [0.2, 0.25) is 0 Å². The number of hydrogen-bond donors (Lipinski definition) is 0. The molecule has 2 aromatic rings. The number of allylic oxidation sites excluding steroid dienone is 1. The second-order valence-electron chi connectivity index (χ2n) is 3.52. The summed E-state index contributed by atoms with van der Waals surface area (Å²) in [5.41, 5.74) is 2.65. The number of benzene rings is 2. The van der Waals surface area contributed by atoms with Crippen molar-refractivity contribution in [3.63, 3.8) is 0 Å². The third-order valence-corrected chi connectivity index (χ3v) is 2.49. The molecule has 0 aromatic heterocycles. The lowest BCUT2D eigenvalue weighted by atomic mass is 10.00. The number of aryl methyl sites for hydroxylation is 1. The van der Waals surface area contributed by atoms with E-state index < -0.39 is 0 Å². The Morgan fingerprint density at radius 1 is 1.00 bits per heavy atom. The van der Waals surface area contributed by atoms with Gasteiger partial charge in [-0.2, -0.15) is 0 Å². The van der Waals surface area contributed by atoms with Crippen LogP contribution in [-0.4, -0.2) is 0 Å². The van der Waals surface area contributed by atoms with Crippen molar-refractivity contribution in [2.24, 2.45) is 0 Å². The Bertz CT molecular complexity index is 473. The lowest BCUT2D eigenvalue weighted by Gasteiger charge is -2.05. The maximum atomic E-state index is 2.16. The van der Waals surface area contributed by atoms with E-state index in [0.29, 0.717) is 0 Å². The first-order valence-electron chi connectivity index (χ1n) is 4.94. The van der Waals surface area contributed by atoms with E-state index in [9.17, 15) is 0 Å². The summed E-state index contributed by atoms with van der Waals surface area (Å²) in [6.45, 7) is 4.21. The molecule has 0 amide bonds. The van der Waals surface area contributed by atoms with Crippen molar-refractivity contribution in [3.05, 3.63) is 53.6 Å². The molecule has 2 aromatic carbocycles. The summed E-state index contributed by atoms with van der Waals surface area (Å²) in [6, 6.07) is 12.9. The molecule has 0 heteroatoms. The zero-order chi connectivity index (χ0) is 9.97. The lowest BCUT2D eigenvalue weighted by Crippen LogP contribution is -1.81. The summed E-state index contributed by atoms with van der Waals surface area (Å²) in [4.78, 5) is 0. The van der Waals surface area contributed by atoms with Crippen LogP contribution in [0.4, 0.5) is 0 Å². The predicted molar refractivity (Wildman–Crippen MR) is 63.4 cm³/mol. The SMILES string of the molecule is C/C=C\c1cccc2cccc(C)c12. The van der Waals surface area contributed by atoms with Crippen LogP contribution in [0, 0.1) is 6.92 Å². The summed E-state index contributed by atoms with van der Waals surface area (Å²) < 4.78 is 0.